The maximum Gasteiger partial charge on any atom is 0.320 e. The number of hydrogen-bond donors (Lipinski definition) is 2. The summed E-state index contributed by atoms with van der Waals surface area (Å²) in [6, 6.07) is 2.99. The molecule has 2 N–H and O–H groups in total. The second-order valence-electron chi connectivity index (χ2n) is 4.97. The van der Waals surface area contributed by atoms with Gasteiger partial charge in [0, 0.05) is 6.54 Å². The summed E-state index contributed by atoms with van der Waals surface area (Å²) in [6.07, 6.45) is 0. The molecule has 0 bridgehead atoms. The smallest absolute Gasteiger partial charge is 0.320 e. The van der Waals surface area contributed by atoms with Crippen molar-refractivity contribution < 1.29 is 24.1 Å². The Balaban J connectivity index is 2.96. The van der Waals surface area contributed by atoms with Crippen molar-refractivity contribution in [2.45, 2.75) is 26.4 Å². The van der Waals surface area contributed by atoms with Crippen molar-refractivity contribution in [2.75, 3.05) is 21.3 Å². The summed E-state index contributed by atoms with van der Waals surface area (Å²) in [7, 11) is 4.63. The molecule has 0 aromatic heterocycles. The molecule has 118 valence electrons. The van der Waals surface area contributed by atoms with Gasteiger partial charge in [-0.2, -0.15) is 0 Å². The second-order valence-corrected chi connectivity index (χ2v) is 4.97. The summed E-state index contributed by atoms with van der Waals surface area (Å²) in [5, 5.41) is 12.2. The number of benzene rings is 1. The number of carbonyl (C=O) groups is 1. The van der Waals surface area contributed by atoms with Crippen LogP contribution in [0.3, 0.4) is 0 Å². The number of ether oxygens (including phenoxy) is 3. The average Bonchev–Trinajstić information content (AvgIpc) is 2.45. The van der Waals surface area contributed by atoms with Crippen LogP contribution in [0.2, 0.25) is 0 Å². The lowest BCUT2D eigenvalue weighted by Crippen LogP contribution is -2.40. The van der Waals surface area contributed by atoms with Gasteiger partial charge in [-0.05, 0) is 23.6 Å². The molecule has 0 saturated carbocycles. The van der Waals surface area contributed by atoms with Crippen molar-refractivity contribution in [1.82, 2.24) is 5.32 Å². The molecule has 0 heterocycles. The molecule has 1 aromatic rings. The van der Waals surface area contributed by atoms with Crippen LogP contribution in [0.5, 0.6) is 17.2 Å². The molecular weight excluding hydrogens is 274 g/mol. The molecule has 6 nitrogen and oxygen atoms in total. The van der Waals surface area contributed by atoms with E-state index in [-0.39, 0.29) is 5.92 Å². The van der Waals surface area contributed by atoms with E-state index in [0.717, 1.165) is 5.56 Å². The minimum atomic E-state index is -0.863. The van der Waals surface area contributed by atoms with E-state index in [2.05, 4.69) is 5.32 Å². The first-order valence-electron chi connectivity index (χ1n) is 6.69. The molecule has 1 rings (SSSR count). The standard InChI is InChI=1S/C15H23NO5/c1-9(2)13(15(17)18)16-8-10-6-11(19-3)14(21-5)12(7-10)20-4/h6-7,9,13,16H,8H2,1-5H3,(H,17,18)/t13-/m0/s1. The lowest BCUT2D eigenvalue weighted by molar-refractivity contribution is -0.140. The molecule has 0 saturated heterocycles. The van der Waals surface area contributed by atoms with E-state index in [9.17, 15) is 9.90 Å². The molecule has 0 fully saturated rings. The Hall–Kier alpha value is -1.95. The van der Waals surface area contributed by atoms with E-state index in [1.165, 1.54) is 7.11 Å². The zero-order valence-electron chi connectivity index (χ0n) is 13.1. The van der Waals surface area contributed by atoms with E-state index >= 15 is 0 Å². The molecule has 0 aliphatic carbocycles. The van der Waals surface area contributed by atoms with Crippen LogP contribution in [0.4, 0.5) is 0 Å². The number of carboxylic acids is 1. The maximum atomic E-state index is 11.2. The van der Waals surface area contributed by atoms with Gasteiger partial charge in [0.2, 0.25) is 5.75 Å². The predicted molar refractivity (Wildman–Crippen MR) is 79.2 cm³/mol. The Labute approximate surface area is 125 Å². The first-order valence-corrected chi connectivity index (χ1v) is 6.69. The quantitative estimate of drug-likeness (QED) is 0.763. The van der Waals surface area contributed by atoms with Gasteiger partial charge in [-0.25, -0.2) is 0 Å². The number of aliphatic carboxylic acids is 1. The first-order chi connectivity index (χ1) is 9.94. The van der Waals surface area contributed by atoms with Gasteiger partial charge < -0.3 is 24.6 Å². The number of methoxy groups -OCH3 is 3. The molecule has 0 amide bonds. The van der Waals surface area contributed by atoms with Crippen molar-refractivity contribution in [3.8, 4) is 17.2 Å². The minimum Gasteiger partial charge on any atom is -0.493 e. The Bertz CT molecular complexity index is 462. The van der Waals surface area contributed by atoms with Crippen LogP contribution in [-0.2, 0) is 11.3 Å². The summed E-state index contributed by atoms with van der Waals surface area (Å²) in [5.74, 6) is 0.736. The number of carboxylic acid groups (broad SMARTS) is 1. The SMILES string of the molecule is COc1cc(CN[C@H](C(=O)O)C(C)C)cc(OC)c1OC. The van der Waals surface area contributed by atoms with Crippen LogP contribution in [0.1, 0.15) is 19.4 Å². The topological polar surface area (TPSA) is 77.0 Å². The molecule has 0 aliphatic heterocycles. The van der Waals surface area contributed by atoms with Crippen LogP contribution in [0.15, 0.2) is 12.1 Å². The Morgan fingerprint density at radius 1 is 1.14 bits per heavy atom. The Kier molecular flexibility index (Phi) is 6.30. The summed E-state index contributed by atoms with van der Waals surface area (Å²) in [4.78, 5) is 11.2. The number of rotatable bonds is 8. The normalized spacial score (nSPS) is 12.1. The number of hydrogen-bond acceptors (Lipinski definition) is 5. The monoisotopic (exact) mass is 297 g/mol. The van der Waals surface area contributed by atoms with Crippen molar-refractivity contribution in [3.05, 3.63) is 17.7 Å². The minimum absolute atomic E-state index is 0.00969. The molecule has 1 aromatic carbocycles. The van der Waals surface area contributed by atoms with Gasteiger partial charge in [-0.1, -0.05) is 13.8 Å². The number of nitrogens with one attached hydrogen (secondary N) is 1. The van der Waals surface area contributed by atoms with Crippen LogP contribution in [0, 0.1) is 5.92 Å². The fourth-order valence-electron chi connectivity index (χ4n) is 2.07. The van der Waals surface area contributed by atoms with E-state index in [1.54, 1.807) is 26.4 Å². The first kappa shape index (κ1) is 17.1. The molecule has 0 aliphatic rings. The summed E-state index contributed by atoms with van der Waals surface area (Å²) < 4.78 is 15.8. The molecule has 6 heteroatoms. The van der Waals surface area contributed by atoms with E-state index in [4.69, 9.17) is 14.2 Å². The van der Waals surface area contributed by atoms with Gasteiger partial charge in [-0.15, -0.1) is 0 Å². The highest BCUT2D eigenvalue weighted by Gasteiger charge is 2.21. The highest BCUT2D eigenvalue weighted by atomic mass is 16.5. The van der Waals surface area contributed by atoms with Crippen LogP contribution in [-0.4, -0.2) is 38.4 Å². The maximum absolute atomic E-state index is 11.2. The molecule has 1 atom stereocenters. The zero-order valence-corrected chi connectivity index (χ0v) is 13.1. The van der Waals surface area contributed by atoms with Crippen LogP contribution in [0.25, 0.3) is 0 Å². The van der Waals surface area contributed by atoms with Crippen LogP contribution >= 0.6 is 0 Å². The Morgan fingerprint density at radius 3 is 2.00 bits per heavy atom. The van der Waals surface area contributed by atoms with Crippen molar-refractivity contribution in [2.24, 2.45) is 5.92 Å². The van der Waals surface area contributed by atoms with Gasteiger partial charge >= 0.3 is 5.97 Å². The third-order valence-electron chi connectivity index (χ3n) is 3.18. The van der Waals surface area contributed by atoms with E-state index in [0.29, 0.717) is 23.8 Å². The van der Waals surface area contributed by atoms with E-state index in [1.807, 2.05) is 13.8 Å². The average molecular weight is 297 g/mol. The fourth-order valence-corrected chi connectivity index (χ4v) is 2.07. The predicted octanol–water partition coefficient (Wildman–Crippen LogP) is 1.91. The highest BCUT2D eigenvalue weighted by molar-refractivity contribution is 5.73. The molecule has 0 spiro atoms. The van der Waals surface area contributed by atoms with Gasteiger partial charge in [0.25, 0.3) is 0 Å². The molecular formula is C15H23NO5. The van der Waals surface area contributed by atoms with Gasteiger partial charge in [0.1, 0.15) is 6.04 Å². The molecule has 21 heavy (non-hydrogen) atoms. The molecule has 0 radical (unpaired) electrons. The second kappa shape index (κ2) is 7.73. The summed E-state index contributed by atoms with van der Waals surface area (Å²) >= 11 is 0. The lowest BCUT2D eigenvalue weighted by atomic mass is 10.0. The largest absolute Gasteiger partial charge is 0.493 e. The van der Waals surface area contributed by atoms with E-state index < -0.39 is 12.0 Å². The Morgan fingerprint density at radius 2 is 1.67 bits per heavy atom. The zero-order chi connectivity index (χ0) is 16.0. The third-order valence-corrected chi connectivity index (χ3v) is 3.18. The third kappa shape index (κ3) is 4.26. The van der Waals surface area contributed by atoms with Crippen molar-refractivity contribution in [1.29, 1.82) is 0 Å². The van der Waals surface area contributed by atoms with Crippen molar-refractivity contribution in [3.63, 3.8) is 0 Å². The van der Waals surface area contributed by atoms with Gasteiger partial charge in [0.05, 0.1) is 21.3 Å². The van der Waals surface area contributed by atoms with Crippen LogP contribution < -0.4 is 19.5 Å². The lowest BCUT2D eigenvalue weighted by Gasteiger charge is -2.19. The molecule has 0 unspecified atom stereocenters. The van der Waals surface area contributed by atoms with Gasteiger partial charge in [-0.3, -0.25) is 4.79 Å². The highest BCUT2D eigenvalue weighted by Crippen LogP contribution is 2.38. The summed E-state index contributed by atoms with van der Waals surface area (Å²) in [6.45, 7) is 4.12. The fraction of sp³-hybridized carbons (Fsp3) is 0.533. The van der Waals surface area contributed by atoms with Gasteiger partial charge in [0.15, 0.2) is 11.5 Å². The summed E-state index contributed by atoms with van der Waals surface area (Å²) in [5.41, 5.74) is 0.858. The van der Waals surface area contributed by atoms with Crippen molar-refractivity contribution >= 4 is 5.97 Å².